The number of anilines is 1. The predicted molar refractivity (Wildman–Crippen MR) is 94.1 cm³/mol. The maximum absolute atomic E-state index is 12.1. The molecule has 0 fully saturated rings. The molecule has 2 aromatic rings. The molecule has 0 atom stereocenters. The van der Waals surface area contributed by atoms with Crippen molar-refractivity contribution in [1.82, 2.24) is 4.90 Å². The Hall–Kier alpha value is -1.08. The monoisotopic (exact) mass is 420 g/mol. The van der Waals surface area contributed by atoms with Crippen LogP contribution in [0.3, 0.4) is 0 Å². The van der Waals surface area contributed by atoms with Crippen LogP contribution in [0.5, 0.6) is 0 Å². The SMILES string of the molecule is CN(CC(=O)Nc1ccc(Cl)cc1Cl)C(=O)c1ccc(Br)s1. The molecule has 0 saturated carbocycles. The van der Waals surface area contributed by atoms with E-state index >= 15 is 0 Å². The lowest BCUT2D eigenvalue weighted by Crippen LogP contribution is -2.34. The van der Waals surface area contributed by atoms with Crippen LogP contribution in [0.15, 0.2) is 34.1 Å². The first-order valence-corrected chi connectivity index (χ1v) is 8.49. The van der Waals surface area contributed by atoms with Gasteiger partial charge >= 0.3 is 0 Å². The van der Waals surface area contributed by atoms with E-state index in [1.807, 2.05) is 0 Å². The van der Waals surface area contributed by atoms with Crippen molar-refractivity contribution < 1.29 is 9.59 Å². The molecule has 2 rings (SSSR count). The van der Waals surface area contributed by atoms with Gasteiger partial charge in [-0.1, -0.05) is 23.2 Å². The number of nitrogens with zero attached hydrogens (tertiary/aromatic N) is 1. The fourth-order valence-corrected chi connectivity index (χ4v) is 3.52. The van der Waals surface area contributed by atoms with Crippen LogP contribution < -0.4 is 5.32 Å². The number of rotatable bonds is 4. The summed E-state index contributed by atoms with van der Waals surface area (Å²) in [5.74, 6) is -0.552. The molecule has 0 aliphatic carbocycles. The Morgan fingerprint density at radius 3 is 2.59 bits per heavy atom. The Labute approximate surface area is 150 Å². The van der Waals surface area contributed by atoms with Crippen molar-refractivity contribution in [3.05, 3.63) is 49.0 Å². The van der Waals surface area contributed by atoms with Crippen LogP contribution in [0.1, 0.15) is 9.67 Å². The average molecular weight is 422 g/mol. The Balaban J connectivity index is 1.98. The molecule has 0 unspecified atom stereocenters. The number of likely N-dealkylation sites (N-methyl/N-ethyl adjacent to an activating group) is 1. The van der Waals surface area contributed by atoms with Crippen LogP contribution in [0.4, 0.5) is 5.69 Å². The quantitative estimate of drug-likeness (QED) is 0.788. The van der Waals surface area contributed by atoms with Gasteiger partial charge in [0.25, 0.3) is 5.91 Å². The van der Waals surface area contributed by atoms with Gasteiger partial charge in [0.1, 0.15) is 0 Å². The van der Waals surface area contributed by atoms with E-state index < -0.39 is 0 Å². The molecule has 1 heterocycles. The zero-order chi connectivity index (χ0) is 16.3. The molecule has 0 bridgehead atoms. The number of hydrogen-bond donors (Lipinski definition) is 1. The van der Waals surface area contributed by atoms with E-state index in [1.165, 1.54) is 22.3 Å². The second-order valence-corrected chi connectivity index (χ2v) is 7.74. The van der Waals surface area contributed by atoms with E-state index in [2.05, 4.69) is 21.2 Å². The van der Waals surface area contributed by atoms with Gasteiger partial charge in [0, 0.05) is 12.1 Å². The first-order chi connectivity index (χ1) is 10.4. The normalized spacial score (nSPS) is 10.4. The van der Waals surface area contributed by atoms with E-state index in [0.29, 0.717) is 20.6 Å². The number of halogens is 3. The number of nitrogens with one attached hydrogen (secondary N) is 1. The van der Waals surface area contributed by atoms with Gasteiger partial charge in [0.2, 0.25) is 5.91 Å². The maximum Gasteiger partial charge on any atom is 0.264 e. The van der Waals surface area contributed by atoms with Crippen molar-refractivity contribution in [1.29, 1.82) is 0 Å². The van der Waals surface area contributed by atoms with E-state index in [4.69, 9.17) is 23.2 Å². The molecule has 1 aromatic heterocycles. The summed E-state index contributed by atoms with van der Waals surface area (Å²) in [6.07, 6.45) is 0. The number of amides is 2. The summed E-state index contributed by atoms with van der Waals surface area (Å²) in [7, 11) is 1.57. The summed E-state index contributed by atoms with van der Waals surface area (Å²) in [5.41, 5.74) is 0.454. The first kappa shape index (κ1) is 17.3. The largest absolute Gasteiger partial charge is 0.332 e. The Kier molecular flexibility index (Phi) is 5.86. The molecule has 0 saturated heterocycles. The van der Waals surface area contributed by atoms with Gasteiger partial charge in [-0.15, -0.1) is 11.3 Å². The highest BCUT2D eigenvalue weighted by molar-refractivity contribution is 9.11. The summed E-state index contributed by atoms with van der Waals surface area (Å²) in [6, 6.07) is 8.28. The molecule has 0 radical (unpaired) electrons. The molecule has 116 valence electrons. The highest BCUT2D eigenvalue weighted by atomic mass is 79.9. The molecule has 0 aliphatic rings. The molecule has 8 heteroatoms. The second kappa shape index (κ2) is 7.46. The lowest BCUT2D eigenvalue weighted by Gasteiger charge is -2.16. The van der Waals surface area contributed by atoms with Crippen molar-refractivity contribution in [2.24, 2.45) is 0 Å². The van der Waals surface area contributed by atoms with Crippen LogP contribution in [-0.4, -0.2) is 30.3 Å². The van der Waals surface area contributed by atoms with Crippen molar-refractivity contribution >= 4 is 68.0 Å². The lowest BCUT2D eigenvalue weighted by atomic mass is 10.3. The summed E-state index contributed by atoms with van der Waals surface area (Å²) in [6.45, 7) is -0.0761. The van der Waals surface area contributed by atoms with Gasteiger partial charge in [-0.05, 0) is 46.3 Å². The third-order valence-electron chi connectivity index (χ3n) is 2.72. The number of benzene rings is 1. The fourth-order valence-electron chi connectivity index (χ4n) is 1.69. The van der Waals surface area contributed by atoms with Gasteiger partial charge in [-0.25, -0.2) is 0 Å². The third kappa shape index (κ3) is 4.46. The van der Waals surface area contributed by atoms with E-state index in [-0.39, 0.29) is 18.4 Å². The fraction of sp³-hybridized carbons (Fsp3) is 0.143. The summed E-state index contributed by atoms with van der Waals surface area (Å²) in [4.78, 5) is 26.1. The molecule has 4 nitrogen and oxygen atoms in total. The molecule has 22 heavy (non-hydrogen) atoms. The Bertz CT molecular complexity index is 721. The topological polar surface area (TPSA) is 49.4 Å². The Morgan fingerprint density at radius 2 is 2.00 bits per heavy atom. The van der Waals surface area contributed by atoms with E-state index in [1.54, 1.807) is 31.3 Å². The van der Waals surface area contributed by atoms with Crippen molar-refractivity contribution in [2.45, 2.75) is 0 Å². The molecule has 0 aliphatic heterocycles. The second-order valence-electron chi connectivity index (χ2n) is 4.44. The summed E-state index contributed by atoms with van der Waals surface area (Å²) in [5, 5.41) is 3.48. The van der Waals surface area contributed by atoms with Gasteiger partial charge < -0.3 is 10.2 Å². The summed E-state index contributed by atoms with van der Waals surface area (Å²) >= 11 is 16.4. The van der Waals surface area contributed by atoms with Gasteiger partial charge in [-0.2, -0.15) is 0 Å². The number of hydrogen-bond acceptors (Lipinski definition) is 3. The van der Waals surface area contributed by atoms with E-state index in [9.17, 15) is 9.59 Å². The van der Waals surface area contributed by atoms with Gasteiger partial charge in [0.15, 0.2) is 0 Å². The van der Waals surface area contributed by atoms with E-state index in [0.717, 1.165) is 3.79 Å². The number of carbonyl (C=O) groups excluding carboxylic acids is 2. The molecular weight excluding hydrogens is 411 g/mol. The predicted octanol–water partition coefficient (Wildman–Crippen LogP) is 4.53. The molecule has 1 aromatic carbocycles. The van der Waals surface area contributed by atoms with Gasteiger partial charge in [0.05, 0.1) is 25.9 Å². The van der Waals surface area contributed by atoms with Crippen molar-refractivity contribution in [3.63, 3.8) is 0 Å². The van der Waals surface area contributed by atoms with Crippen LogP contribution in [0, 0.1) is 0 Å². The van der Waals surface area contributed by atoms with Crippen molar-refractivity contribution in [2.75, 3.05) is 18.9 Å². The molecule has 0 spiro atoms. The average Bonchev–Trinajstić information content (AvgIpc) is 2.87. The van der Waals surface area contributed by atoms with Crippen molar-refractivity contribution in [3.8, 4) is 0 Å². The molecular formula is C14H11BrCl2N2O2S. The van der Waals surface area contributed by atoms with Crippen LogP contribution in [-0.2, 0) is 4.79 Å². The zero-order valence-electron chi connectivity index (χ0n) is 11.4. The summed E-state index contributed by atoms with van der Waals surface area (Å²) < 4.78 is 0.863. The minimum Gasteiger partial charge on any atom is -0.332 e. The highest BCUT2D eigenvalue weighted by Gasteiger charge is 2.17. The highest BCUT2D eigenvalue weighted by Crippen LogP contribution is 2.25. The van der Waals surface area contributed by atoms with Crippen LogP contribution >= 0.6 is 50.5 Å². The lowest BCUT2D eigenvalue weighted by molar-refractivity contribution is -0.116. The van der Waals surface area contributed by atoms with Crippen LogP contribution in [0.25, 0.3) is 0 Å². The third-order valence-corrected chi connectivity index (χ3v) is 4.88. The maximum atomic E-state index is 12.1. The first-order valence-electron chi connectivity index (χ1n) is 6.12. The number of thiophene rings is 1. The van der Waals surface area contributed by atoms with Crippen LogP contribution in [0.2, 0.25) is 10.0 Å². The minimum absolute atomic E-state index is 0.0761. The smallest absolute Gasteiger partial charge is 0.264 e. The molecule has 2 amide bonds. The standard InChI is InChI=1S/C14H11BrCl2N2O2S/c1-19(14(21)11-4-5-12(15)22-11)7-13(20)18-10-3-2-8(16)6-9(10)17/h2-6H,7H2,1H3,(H,18,20). The molecule has 1 N–H and O–H groups in total. The zero-order valence-corrected chi connectivity index (χ0v) is 15.3. The Morgan fingerprint density at radius 1 is 1.27 bits per heavy atom. The van der Waals surface area contributed by atoms with Gasteiger partial charge in [-0.3, -0.25) is 9.59 Å². The number of carbonyl (C=O) groups is 2. The minimum atomic E-state index is -0.337.